The van der Waals surface area contributed by atoms with Crippen LogP contribution >= 0.6 is 11.3 Å². The summed E-state index contributed by atoms with van der Waals surface area (Å²) in [6.07, 6.45) is 1.71. The number of carbonyl (C=O) groups excluding carboxylic acids is 2. The van der Waals surface area contributed by atoms with Gasteiger partial charge < -0.3 is 15.0 Å². The van der Waals surface area contributed by atoms with E-state index < -0.39 is 0 Å². The Balaban J connectivity index is 1.25. The quantitative estimate of drug-likeness (QED) is 0.673. The van der Waals surface area contributed by atoms with Gasteiger partial charge >= 0.3 is 0 Å². The Morgan fingerprint density at radius 2 is 1.85 bits per heavy atom. The highest BCUT2D eigenvalue weighted by Gasteiger charge is 2.31. The molecule has 2 saturated heterocycles. The Morgan fingerprint density at radius 1 is 1.15 bits per heavy atom. The fourth-order valence-corrected chi connectivity index (χ4v) is 5.62. The van der Waals surface area contributed by atoms with E-state index in [1.807, 2.05) is 49.1 Å². The standard InChI is InChI=1S/C25H34N4O3S/c1-18(23(30)26-10-13-28-14-16-32-17-15-28)20-8-11-29(12-9-20)25(31)22-19(2)27-24(33-22)21-6-4-3-5-7-21/h3-7,18,20H,8-17H2,1-2H3,(H,26,30). The van der Waals surface area contributed by atoms with Crippen molar-refractivity contribution in [2.75, 3.05) is 52.5 Å². The lowest BCUT2D eigenvalue weighted by Gasteiger charge is -2.34. The zero-order valence-corrected chi connectivity index (χ0v) is 20.4. The first-order valence-corrected chi connectivity index (χ1v) is 12.7. The Hall–Kier alpha value is -2.29. The predicted molar refractivity (Wildman–Crippen MR) is 130 cm³/mol. The summed E-state index contributed by atoms with van der Waals surface area (Å²) in [6.45, 7) is 10.3. The SMILES string of the molecule is Cc1nc(-c2ccccc2)sc1C(=O)N1CCC(C(C)C(=O)NCCN2CCOCC2)CC1. The van der Waals surface area contributed by atoms with E-state index in [1.165, 1.54) is 11.3 Å². The second-order valence-corrected chi connectivity index (χ2v) is 9.96. The number of hydrogen-bond donors (Lipinski definition) is 1. The molecule has 0 radical (unpaired) electrons. The monoisotopic (exact) mass is 470 g/mol. The summed E-state index contributed by atoms with van der Waals surface area (Å²) in [7, 11) is 0. The fourth-order valence-electron chi connectivity index (χ4n) is 4.58. The predicted octanol–water partition coefficient (Wildman–Crippen LogP) is 3.06. The van der Waals surface area contributed by atoms with Crippen LogP contribution in [0, 0.1) is 18.8 Å². The van der Waals surface area contributed by atoms with Gasteiger partial charge in [0.05, 0.1) is 18.9 Å². The van der Waals surface area contributed by atoms with E-state index in [4.69, 9.17) is 4.74 Å². The fraction of sp³-hybridized carbons (Fsp3) is 0.560. The number of carbonyl (C=O) groups is 2. The van der Waals surface area contributed by atoms with Crippen LogP contribution in [0.3, 0.4) is 0 Å². The third kappa shape index (κ3) is 5.99. The number of ether oxygens (including phenoxy) is 1. The van der Waals surface area contributed by atoms with Crippen molar-refractivity contribution < 1.29 is 14.3 Å². The number of aromatic nitrogens is 1. The van der Waals surface area contributed by atoms with Crippen molar-refractivity contribution in [3.63, 3.8) is 0 Å². The summed E-state index contributed by atoms with van der Waals surface area (Å²) >= 11 is 1.47. The molecule has 2 aromatic rings. The molecule has 2 aliphatic heterocycles. The van der Waals surface area contributed by atoms with E-state index in [9.17, 15) is 9.59 Å². The number of piperidine rings is 1. The van der Waals surface area contributed by atoms with Crippen molar-refractivity contribution in [1.82, 2.24) is 20.1 Å². The molecule has 3 heterocycles. The molecule has 0 bridgehead atoms. The molecule has 1 N–H and O–H groups in total. The van der Waals surface area contributed by atoms with Gasteiger partial charge in [0.1, 0.15) is 9.88 Å². The van der Waals surface area contributed by atoms with Crippen LogP contribution in [0.2, 0.25) is 0 Å². The second-order valence-electron chi connectivity index (χ2n) is 8.96. The van der Waals surface area contributed by atoms with E-state index >= 15 is 0 Å². The van der Waals surface area contributed by atoms with Crippen LogP contribution in [-0.4, -0.2) is 79.1 Å². The Morgan fingerprint density at radius 3 is 2.55 bits per heavy atom. The van der Waals surface area contributed by atoms with E-state index in [0.29, 0.717) is 25.6 Å². The zero-order valence-electron chi connectivity index (χ0n) is 19.6. The number of amides is 2. The highest BCUT2D eigenvalue weighted by molar-refractivity contribution is 7.17. The van der Waals surface area contributed by atoms with Crippen LogP contribution in [-0.2, 0) is 9.53 Å². The molecule has 178 valence electrons. The molecule has 1 atom stereocenters. The normalized spacial score (nSPS) is 18.8. The lowest BCUT2D eigenvalue weighted by atomic mass is 9.85. The molecule has 0 saturated carbocycles. The number of rotatable bonds is 7. The first-order valence-electron chi connectivity index (χ1n) is 11.9. The number of hydrogen-bond acceptors (Lipinski definition) is 6. The Bertz CT molecular complexity index is 934. The summed E-state index contributed by atoms with van der Waals surface area (Å²) < 4.78 is 5.37. The van der Waals surface area contributed by atoms with Gasteiger partial charge in [0.2, 0.25) is 5.91 Å². The third-order valence-corrected chi connectivity index (χ3v) is 7.98. The molecular formula is C25H34N4O3S. The molecule has 0 spiro atoms. The Kier molecular flexibility index (Phi) is 8.11. The summed E-state index contributed by atoms with van der Waals surface area (Å²) in [5, 5.41) is 3.99. The van der Waals surface area contributed by atoms with E-state index in [-0.39, 0.29) is 17.7 Å². The molecule has 7 nitrogen and oxygen atoms in total. The van der Waals surface area contributed by atoms with Gasteiger partial charge in [-0.25, -0.2) is 4.98 Å². The van der Waals surface area contributed by atoms with Gasteiger partial charge in [0.25, 0.3) is 5.91 Å². The van der Waals surface area contributed by atoms with Gasteiger partial charge in [-0.05, 0) is 25.7 Å². The molecule has 1 aromatic heterocycles. The van der Waals surface area contributed by atoms with Crippen molar-refractivity contribution in [1.29, 1.82) is 0 Å². The minimum Gasteiger partial charge on any atom is -0.379 e. The van der Waals surface area contributed by atoms with Crippen molar-refractivity contribution in [2.45, 2.75) is 26.7 Å². The van der Waals surface area contributed by atoms with E-state index in [0.717, 1.165) is 66.8 Å². The van der Waals surface area contributed by atoms with Gasteiger partial charge in [0.15, 0.2) is 0 Å². The van der Waals surface area contributed by atoms with E-state index in [2.05, 4.69) is 15.2 Å². The summed E-state index contributed by atoms with van der Waals surface area (Å²) in [5.74, 6) is 0.453. The molecule has 2 fully saturated rings. The minimum absolute atomic E-state index is 0.0400. The van der Waals surface area contributed by atoms with Crippen molar-refractivity contribution in [3.8, 4) is 10.6 Å². The number of nitrogens with one attached hydrogen (secondary N) is 1. The maximum Gasteiger partial charge on any atom is 0.265 e. The molecular weight excluding hydrogens is 436 g/mol. The smallest absolute Gasteiger partial charge is 0.265 e. The van der Waals surface area contributed by atoms with Crippen LogP contribution in [0.15, 0.2) is 30.3 Å². The van der Waals surface area contributed by atoms with Gasteiger partial charge in [-0.1, -0.05) is 37.3 Å². The number of likely N-dealkylation sites (tertiary alicyclic amines) is 1. The summed E-state index contributed by atoms with van der Waals surface area (Å²) in [5.41, 5.74) is 1.83. The van der Waals surface area contributed by atoms with Crippen LogP contribution in [0.5, 0.6) is 0 Å². The molecule has 1 unspecified atom stereocenters. The summed E-state index contributed by atoms with van der Waals surface area (Å²) in [4.78, 5) is 35.4. The molecule has 0 aliphatic carbocycles. The van der Waals surface area contributed by atoms with Crippen LogP contribution in [0.1, 0.15) is 35.1 Å². The van der Waals surface area contributed by atoms with E-state index in [1.54, 1.807) is 0 Å². The number of benzene rings is 1. The molecule has 1 aromatic carbocycles. The largest absolute Gasteiger partial charge is 0.379 e. The topological polar surface area (TPSA) is 74.8 Å². The minimum atomic E-state index is -0.0400. The third-order valence-electron chi connectivity index (χ3n) is 6.79. The summed E-state index contributed by atoms with van der Waals surface area (Å²) in [6, 6.07) is 9.99. The van der Waals surface area contributed by atoms with Crippen LogP contribution in [0.4, 0.5) is 0 Å². The second kappa shape index (κ2) is 11.2. The number of nitrogens with zero attached hydrogens (tertiary/aromatic N) is 3. The molecule has 2 aliphatic rings. The maximum absolute atomic E-state index is 13.2. The average Bonchev–Trinajstić information content (AvgIpc) is 3.26. The number of aryl methyl sites for hydroxylation is 1. The van der Waals surface area contributed by atoms with Crippen LogP contribution < -0.4 is 5.32 Å². The average molecular weight is 471 g/mol. The lowest BCUT2D eigenvalue weighted by molar-refractivity contribution is -0.126. The van der Waals surface area contributed by atoms with Gasteiger partial charge in [-0.3, -0.25) is 14.5 Å². The first kappa shape index (κ1) is 23.9. The Labute approximate surface area is 200 Å². The number of thiazole rings is 1. The highest BCUT2D eigenvalue weighted by Crippen LogP contribution is 2.31. The van der Waals surface area contributed by atoms with Gasteiger partial charge in [-0.15, -0.1) is 11.3 Å². The van der Waals surface area contributed by atoms with Gasteiger partial charge in [-0.2, -0.15) is 0 Å². The van der Waals surface area contributed by atoms with Crippen molar-refractivity contribution in [3.05, 3.63) is 40.9 Å². The number of morpholine rings is 1. The van der Waals surface area contributed by atoms with Crippen molar-refractivity contribution >= 4 is 23.2 Å². The molecule has 4 rings (SSSR count). The highest BCUT2D eigenvalue weighted by atomic mass is 32.1. The molecule has 2 amide bonds. The lowest BCUT2D eigenvalue weighted by Crippen LogP contribution is -2.45. The molecule has 8 heteroatoms. The zero-order chi connectivity index (χ0) is 23.2. The maximum atomic E-state index is 13.2. The first-order chi connectivity index (χ1) is 16.0. The van der Waals surface area contributed by atoms with Crippen molar-refractivity contribution in [2.24, 2.45) is 11.8 Å². The van der Waals surface area contributed by atoms with Gasteiger partial charge in [0, 0.05) is 50.7 Å². The van der Waals surface area contributed by atoms with Crippen LogP contribution in [0.25, 0.3) is 10.6 Å². The molecule has 33 heavy (non-hydrogen) atoms.